The topological polar surface area (TPSA) is 67.8 Å². The molecule has 3 N–H and O–H groups in total. The summed E-state index contributed by atoms with van der Waals surface area (Å²) in [7, 11) is 0. The van der Waals surface area contributed by atoms with Crippen LogP contribution in [0, 0.1) is 0 Å². The van der Waals surface area contributed by atoms with Gasteiger partial charge in [0.15, 0.2) is 6.04 Å². The standard InChI is InChI=1S/C21H23F3N4O2/c22-21(23,24)19(14-6-2-1-3-7-14)26-20(30)18-16-8-4-5-10-28(16)17(25-18)13-27-11-9-15(29)12-27/h1-8,10,15,17,19,25,29H,9,11-13H2,(H,26,30). The zero-order valence-corrected chi connectivity index (χ0v) is 16.1. The van der Waals surface area contributed by atoms with Crippen molar-refractivity contribution < 1.29 is 23.1 Å². The molecule has 3 aliphatic heterocycles. The summed E-state index contributed by atoms with van der Waals surface area (Å²) in [6, 6.07) is 5.22. The molecule has 30 heavy (non-hydrogen) atoms. The second-order valence-electron chi connectivity index (χ2n) is 7.59. The summed E-state index contributed by atoms with van der Waals surface area (Å²) in [5.74, 6) is -0.815. The van der Waals surface area contributed by atoms with Crippen LogP contribution in [-0.2, 0) is 4.79 Å². The average molecular weight is 420 g/mol. The molecule has 1 fully saturated rings. The van der Waals surface area contributed by atoms with Gasteiger partial charge in [0.2, 0.25) is 0 Å². The first-order valence-electron chi connectivity index (χ1n) is 9.80. The number of aliphatic hydroxyl groups is 1. The van der Waals surface area contributed by atoms with E-state index in [9.17, 15) is 23.1 Å². The van der Waals surface area contributed by atoms with Gasteiger partial charge in [-0.05, 0) is 24.1 Å². The van der Waals surface area contributed by atoms with E-state index in [2.05, 4.69) is 15.5 Å². The molecule has 3 heterocycles. The lowest BCUT2D eigenvalue weighted by Gasteiger charge is -2.29. The Bertz CT molecular complexity index is 882. The zero-order chi connectivity index (χ0) is 21.3. The lowest BCUT2D eigenvalue weighted by atomic mass is 10.1. The van der Waals surface area contributed by atoms with Crippen molar-refractivity contribution >= 4 is 5.91 Å². The Hall–Kier alpha value is -2.78. The van der Waals surface area contributed by atoms with E-state index >= 15 is 0 Å². The molecule has 3 unspecified atom stereocenters. The smallest absolute Gasteiger partial charge is 0.392 e. The number of hydrogen-bond acceptors (Lipinski definition) is 5. The maximum absolute atomic E-state index is 13.7. The molecule has 4 rings (SSSR count). The maximum Gasteiger partial charge on any atom is 0.412 e. The Morgan fingerprint density at radius 3 is 2.70 bits per heavy atom. The van der Waals surface area contributed by atoms with Crippen LogP contribution in [0.2, 0.25) is 0 Å². The number of benzene rings is 1. The molecule has 0 radical (unpaired) electrons. The molecular formula is C21H23F3N4O2. The maximum atomic E-state index is 13.7. The van der Waals surface area contributed by atoms with E-state index < -0.39 is 18.1 Å². The number of halogens is 3. The van der Waals surface area contributed by atoms with E-state index in [1.807, 2.05) is 4.90 Å². The summed E-state index contributed by atoms with van der Waals surface area (Å²) in [6.07, 6.45) is 2.39. The first-order chi connectivity index (χ1) is 14.3. The number of amides is 1. The van der Waals surface area contributed by atoms with Crippen LogP contribution in [0.5, 0.6) is 0 Å². The zero-order valence-electron chi connectivity index (χ0n) is 16.1. The Labute approximate surface area is 172 Å². The van der Waals surface area contributed by atoms with Crippen molar-refractivity contribution in [2.75, 3.05) is 19.6 Å². The van der Waals surface area contributed by atoms with Crippen molar-refractivity contribution in [3.63, 3.8) is 0 Å². The van der Waals surface area contributed by atoms with Crippen molar-refractivity contribution in [2.45, 2.75) is 30.9 Å². The van der Waals surface area contributed by atoms with E-state index in [-0.39, 0.29) is 23.5 Å². The predicted octanol–water partition coefficient (Wildman–Crippen LogP) is 2.00. The molecule has 6 nitrogen and oxygen atoms in total. The van der Waals surface area contributed by atoms with Gasteiger partial charge in [-0.15, -0.1) is 0 Å². The summed E-state index contributed by atoms with van der Waals surface area (Å²) in [6.45, 7) is 1.79. The molecular weight excluding hydrogens is 397 g/mol. The Kier molecular flexibility index (Phi) is 5.57. The predicted molar refractivity (Wildman–Crippen MR) is 105 cm³/mol. The van der Waals surface area contributed by atoms with Gasteiger partial charge >= 0.3 is 6.18 Å². The lowest BCUT2D eigenvalue weighted by Crippen LogP contribution is -2.46. The second-order valence-corrected chi connectivity index (χ2v) is 7.59. The third-order valence-corrected chi connectivity index (χ3v) is 5.43. The van der Waals surface area contributed by atoms with E-state index in [0.29, 0.717) is 25.2 Å². The summed E-state index contributed by atoms with van der Waals surface area (Å²) < 4.78 is 41.0. The quantitative estimate of drug-likeness (QED) is 0.680. The van der Waals surface area contributed by atoms with Gasteiger partial charge in [-0.2, -0.15) is 13.2 Å². The third-order valence-electron chi connectivity index (χ3n) is 5.43. The van der Waals surface area contributed by atoms with Crippen molar-refractivity contribution in [3.05, 3.63) is 71.7 Å². The Balaban J connectivity index is 1.53. The van der Waals surface area contributed by atoms with Crippen molar-refractivity contribution in [1.29, 1.82) is 0 Å². The highest BCUT2D eigenvalue weighted by Gasteiger charge is 2.43. The number of rotatable bonds is 5. The minimum Gasteiger partial charge on any atom is -0.392 e. The molecule has 9 heteroatoms. The van der Waals surface area contributed by atoms with Gasteiger partial charge in [0.1, 0.15) is 11.9 Å². The van der Waals surface area contributed by atoms with E-state index in [1.165, 1.54) is 24.3 Å². The SMILES string of the molecule is O=C(NC(c1ccccc1)C(F)(F)F)C1=C2C=CC=CN2C(CN2CCC(O)C2)N1. The first kappa shape index (κ1) is 20.5. The molecule has 160 valence electrons. The highest BCUT2D eigenvalue weighted by atomic mass is 19.4. The molecule has 0 aromatic heterocycles. The average Bonchev–Trinajstić information content (AvgIpc) is 3.30. The number of likely N-dealkylation sites (tertiary alicyclic amines) is 1. The monoisotopic (exact) mass is 420 g/mol. The van der Waals surface area contributed by atoms with Gasteiger partial charge in [0, 0.05) is 25.8 Å². The summed E-state index contributed by atoms with van der Waals surface area (Å²) in [5.41, 5.74) is 0.597. The fourth-order valence-electron chi connectivity index (χ4n) is 3.99. The van der Waals surface area contributed by atoms with Gasteiger partial charge in [-0.1, -0.05) is 36.4 Å². The van der Waals surface area contributed by atoms with Crippen LogP contribution in [-0.4, -0.2) is 58.9 Å². The van der Waals surface area contributed by atoms with Crippen LogP contribution in [0.3, 0.4) is 0 Å². The Morgan fingerprint density at radius 1 is 1.27 bits per heavy atom. The van der Waals surface area contributed by atoms with Crippen LogP contribution >= 0.6 is 0 Å². The Morgan fingerprint density at radius 2 is 2.03 bits per heavy atom. The molecule has 1 aromatic rings. The van der Waals surface area contributed by atoms with Gasteiger partial charge in [-0.3, -0.25) is 9.69 Å². The molecule has 0 saturated carbocycles. The van der Waals surface area contributed by atoms with Gasteiger partial charge in [0.05, 0.1) is 11.8 Å². The number of carbonyl (C=O) groups is 1. The first-order valence-corrected chi connectivity index (χ1v) is 9.80. The van der Waals surface area contributed by atoms with Crippen molar-refractivity contribution in [1.82, 2.24) is 20.4 Å². The molecule has 0 bridgehead atoms. The number of fused-ring (bicyclic) bond motifs is 1. The molecule has 0 spiro atoms. The van der Waals surface area contributed by atoms with E-state index in [4.69, 9.17) is 0 Å². The largest absolute Gasteiger partial charge is 0.412 e. The molecule has 0 aliphatic carbocycles. The summed E-state index contributed by atoms with van der Waals surface area (Å²) in [5, 5.41) is 15.0. The van der Waals surface area contributed by atoms with Crippen LogP contribution in [0.4, 0.5) is 13.2 Å². The lowest BCUT2D eigenvalue weighted by molar-refractivity contribution is -0.162. The summed E-state index contributed by atoms with van der Waals surface area (Å²) in [4.78, 5) is 16.8. The second kappa shape index (κ2) is 8.16. The number of allylic oxidation sites excluding steroid dienone is 3. The number of nitrogens with one attached hydrogen (secondary N) is 2. The fourth-order valence-corrected chi connectivity index (χ4v) is 3.99. The molecule has 1 aromatic carbocycles. The highest BCUT2D eigenvalue weighted by Crippen LogP contribution is 2.33. The van der Waals surface area contributed by atoms with Crippen LogP contribution in [0.25, 0.3) is 0 Å². The van der Waals surface area contributed by atoms with Gasteiger partial charge in [0.25, 0.3) is 5.91 Å². The van der Waals surface area contributed by atoms with Gasteiger partial charge in [-0.25, -0.2) is 0 Å². The summed E-state index contributed by atoms with van der Waals surface area (Å²) >= 11 is 0. The normalized spacial score (nSPS) is 24.7. The number of aliphatic hydroxyl groups excluding tert-OH is 1. The number of hydrogen-bond donors (Lipinski definition) is 3. The number of alkyl halides is 3. The van der Waals surface area contributed by atoms with Crippen molar-refractivity contribution in [3.8, 4) is 0 Å². The van der Waals surface area contributed by atoms with E-state index in [0.717, 1.165) is 6.54 Å². The molecule has 3 aliphatic rings. The number of β-amino-alcohol motifs (C(OH)–C–C–N with tert-alkyl or cyclic N) is 1. The minimum absolute atomic E-state index is 0.0273. The minimum atomic E-state index is -4.63. The molecule has 1 amide bonds. The fraction of sp³-hybridized carbons (Fsp3) is 0.381. The number of nitrogens with zero attached hydrogens (tertiary/aromatic N) is 2. The molecule has 1 saturated heterocycles. The van der Waals surface area contributed by atoms with Crippen molar-refractivity contribution in [2.24, 2.45) is 0 Å². The highest BCUT2D eigenvalue weighted by molar-refractivity contribution is 5.95. The van der Waals surface area contributed by atoms with Gasteiger partial charge < -0.3 is 20.6 Å². The van der Waals surface area contributed by atoms with Crippen LogP contribution in [0.15, 0.2) is 66.2 Å². The third kappa shape index (κ3) is 4.22. The van der Waals surface area contributed by atoms with E-state index in [1.54, 1.807) is 30.5 Å². The number of carbonyl (C=O) groups excluding carboxylic acids is 1. The van der Waals surface area contributed by atoms with Crippen LogP contribution < -0.4 is 10.6 Å². The molecule has 3 atom stereocenters. The van der Waals surface area contributed by atoms with Crippen LogP contribution in [0.1, 0.15) is 18.0 Å².